The van der Waals surface area contributed by atoms with Crippen LogP contribution in [-0.4, -0.2) is 35.1 Å². The Bertz CT molecular complexity index is 1160. The second kappa shape index (κ2) is 11.3. The summed E-state index contributed by atoms with van der Waals surface area (Å²) in [4.78, 5) is 36.3. The van der Waals surface area contributed by atoms with Gasteiger partial charge in [-0.2, -0.15) is 5.26 Å². The molecule has 0 atom stereocenters. The van der Waals surface area contributed by atoms with Gasteiger partial charge in [0.1, 0.15) is 17.5 Å². The van der Waals surface area contributed by atoms with E-state index in [4.69, 9.17) is 4.74 Å². The molecular weight excluding hydrogens is 439 g/mol. The van der Waals surface area contributed by atoms with E-state index in [1.807, 2.05) is 0 Å². The first-order valence-electron chi connectivity index (χ1n) is 11.1. The molecule has 0 saturated heterocycles. The van der Waals surface area contributed by atoms with Gasteiger partial charge in [-0.15, -0.1) is 0 Å². The summed E-state index contributed by atoms with van der Waals surface area (Å²) < 4.78 is 20.9. The van der Waals surface area contributed by atoms with Crippen LogP contribution >= 0.6 is 0 Å². The lowest BCUT2D eigenvalue weighted by atomic mass is 9.96. The molecule has 2 aromatic rings. The summed E-state index contributed by atoms with van der Waals surface area (Å²) in [6.07, 6.45) is 6.26. The van der Waals surface area contributed by atoms with Gasteiger partial charge in [0.25, 0.3) is 5.91 Å². The topological polar surface area (TPSA) is 113 Å². The molecule has 1 aromatic carbocycles. The average molecular weight is 467 g/mol. The van der Waals surface area contributed by atoms with Crippen LogP contribution in [-0.2, 0) is 14.3 Å². The molecule has 1 saturated carbocycles. The van der Waals surface area contributed by atoms with Gasteiger partial charge in [0.05, 0.1) is 5.69 Å². The number of rotatable bonds is 6. The van der Waals surface area contributed by atoms with Gasteiger partial charge in [0.2, 0.25) is 0 Å². The lowest BCUT2D eigenvalue weighted by molar-refractivity contribution is -0.144. The fourth-order valence-corrected chi connectivity index (χ4v) is 4.07. The largest absolute Gasteiger partial charge is 0.451 e. The number of carbonyl (C=O) groups is 3. The molecule has 1 aliphatic rings. The van der Waals surface area contributed by atoms with Gasteiger partial charge in [-0.1, -0.05) is 31.4 Å². The highest BCUT2D eigenvalue weighted by atomic mass is 19.1. The Balaban J connectivity index is 1.62. The molecule has 3 amide bonds. The van der Waals surface area contributed by atoms with Crippen molar-refractivity contribution in [3.8, 4) is 11.8 Å². The number of halogens is 1. The Morgan fingerprint density at radius 1 is 1.21 bits per heavy atom. The SMILES string of the molecule is Cc1cc(C=C(C#N)C(=O)OCC(=O)NC(=O)NC2CCCCC2)c(C)n1-c1ccccc1F. The number of urea groups is 1. The summed E-state index contributed by atoms with van der Waals surface area (Å²) in [5.74, 6) is -2.20. The van der Waals surface area contributed by atoms with E-state index in [9.17, 15) is 24.0 Å². The van der Waals surface area contributed by atoms with Gasteiger partial charge in [0.15, 0.2) is 6.61 Å². The van der Waals surface area contributed by atoms with Crippen LogP contribution in [0, 0.1) is 31.0 Å². The van der Waals surface area contributed by atoms with Crippen LogP contribution < -0.4 is 10.6 Å². The standard InChI is InChI=1S/C25H27FN4O4/c1-16-12-18(17(2)30(16)22-11-7-6-10-21(22)26)13-19(14-27)24(32)34-15-23(31)29-25(33)28-20-8-4-3-5-9-20/h6-7,10-13,20H,3-5,8-9,15H2,1-2H3,(H2,28,29,31,33). The van der Waals surface area contributed by atoms with Crippen molar-refractivity contribution in [2.45, 2.75) is 52.0 Å². The third-order valence-electron chi connectivity index (χ3n) is 5.73. The van der Waals surface area contributed by atoms with Gasteiger partial charge in [-0.25, -0.2) is 14.0 Å². The van der Waals surface area contributed by atoms with Crippen molar-refractivity contribution in [2.24, 2.45) is 0 Å². The number of hydrogen-bond acceptors (Lipinski definition) is 5. The molecule has 9 heteroatoms. The highest BCUT2D eigenvalue weighted by molar-refractivity contribution is 6.00. The molecule has 0 aliphatic heterocycles. The third-order valence-corrected chi connectivity index (χ3v) is 5.73. The summed E-state index contributed by atoms with van der Waals surface area (Å²) in [6, 6.07) is 9.16. The minimum Gasteiger partial charge on any atom is -0.451 e. The van der Waals surface area contributed by atoms with E-state index in [1.54, 1.807) is 48.7 Å². The molecule has 0 spiro atoms. The molecule has 1 heterocycles. The lowest BCUT2D eigenvalue weighted by Crippen LogP contribution is -2.46. The van der Waals surface area contributed by atoms with Gasteiger partial charge in [0, 0.05) is 17.4 Å². The fourth-order valence-electron chi connectivity index (χ4n) is 4.07. The molecule has 8 nitrogen and oxygen atoms in total. The molecule has 34 heavy (non-hydrogen) atoms. The summed E-state index contributed by atoms with van der Waals surface area (Å²) >= 11 is 0. The van der Waals surface area contributed by atoms with Gasteiger partial charge in [-0.05, 0) is 56.5 Å². The van der Waals surface area contributed by atoms with Crippen molar-refractivity contribution in [3.05, 3.63) is 58.7 Å². The monoisotopic (exact) mass is 466 g/mol. The third kappa shape index (κ3) is 6.10. The molecule has 2 N–H and O–H groups in total. The van der Waals surface area contributed by atoms with E-state index >= 15 is 0 Å². The van der Waals surface area contributed by atoms with Gasteiger partial charge in [-0.3, -0.25) is 10.1 Å². The quantitative estimate of drug-likeness (QED) is 0.382. The zero-order chi connectivity index (χ0) is 24.7. The Morgan fingerprint density at radius 2 is 1.91 bits per heavy atom. The summed E-state index contributed by atoms with van der Waals surface area (Å²) in [7, 11) is 0. The second-order valence-corrected chi connectivity index (χ2v) is 8.22. The molecule has 1 aromatic heterocycles. The fraction of sp³-hybridized carbons (Fsp3) is 0.360. The number of aromatic nitrogens is 1. The van der Waals surface area contributed by atoms with E-state index in [1.165, 1.54) is 12.1 Å². The maximum Gasteiger partial charge on any atom is 0.349 e. The predicted octanol–water partition coefficient (Wildman–Crippen LogP) is 3.84. The highest BCUT2D eigenvalue weighted by Gasteiger charge is 2.19. The first kappa shape index (κ1) is 24.7. The number of ether oxygens (including phenoxy) is 1. The van der Waals surface area contributed by atoms with E-state index in [-0.39, 0.29) is 11.6 Å². The van der Waals surface area contributed by atoms with Crippen LogP contribution in [0.25, 0.3) is 11.8 Å². The minimum atomic E-state index is -0.999. The van der Waals surface area contributed by atoms with E-state index in [0.29, 0.717) is 22.6 Å². The van der Waals surface area contributed by atoms with Crippen LogP contribution in [0.2, 0.25) is 0 Å². The first-order valence-corrected chi connectivity index (χ1v) is 11.1. The Labute approximate surface area is 197 Å². The second-order valence-electron chi connectivity index (χ2n) is 8.22. The molecule has 0 unspecified atom stereocenters. The highest BCUT2D eigenvalue weighted by Crippen LogP contribution is 2.24. The zero-order valence-corrected chi connectivity index (χ0v) is 19.2. The number of para-hydroxylation sites is 1. The maximum absolute atomic E-state index is 14.3. The van der Waals surface area contributed by atoms with Crippen molar-refractivity contribution in [2.75, 3.05) is 6.61 Å². The van der Waals surface area contributed by atoms with Crippen molar-refractivity contribution >= 4 is 24.0 Å². The molecule has 1 aliphatic carbocycles. The minimum absolute atomic E-state index is 0.0283. The normalized spacial score (nSPS) is 14.2. The van der Waals surface area contributed by atoms with E-state index < -0.39 is 30.3 Å². The Morgan fingerprint density at radius 3 is 2.59 bits per heavy atom. The lowest BCUT2D eigenvalue weighted by Gasteiger charge is -2.22. The number of benzene rings is 1. The van der Waals surface area contributed by atoms with Crippen molar-refractivity contribution in [1.29, 1.82) is 5.26 Å². The number of nitrogens with zero attached hydrogens (tertiary/aromatic N) is 2. The Kier molecular flexibility index (Phi) is 8.19. The van der Waals surface area contributed by atoms with E-state index in [0.717, 1.165) is 32.1 Å². The molecule has 3 rings (SSSR count). The molecule has 0 bridgehead atoms. The Hall–Kier alpha value is -3.93. The first-order chi connectivity index (χ1) is 16.3. The predicted molar refractivity (Wildman–Crippen MR) is 123 cm³/mol. The number of nitriles is 1. The maximum atomic E-state index is 14.3. The smallest absolute Gasteiger partial charge is 0.349 e. The number of nitrogens with one attached hydrogen (secondary N) is 2. The van der Waals surface area contributed by atoms with Crippen molar-refractivity contribution < 1.29 is 23.5 Å². The summed E-state index contributed by atoms with van der Waals surface area (Å²) in [5.41, 5.74) is 1.89. The molecular formula is C25H27FN4O4. The van der Waals surface area contributed by atoms with Crippen molar-refractivity contribution in [3.63, 3.8) is 0 Å². The number of amides is 3. The van der Waals surface area contributed by atoms with Crippen molar-refractivity contribution in [1.82, 2.24) is 15.2 Å². The zero-order valence-electron chi connectivity index (χ0n) is 19.2. The van der Waals surface area contributed by atoms with Crippen LogP contribution in [0.5, 0.6) is 0 Å². The van der Waals surface area contributed by atoms with Gasteiger partial charge < -0.3 is 14.6 Å². The summed E-state index contributed by atoms with van der Waals surface area (Å²) in [6.45, 7) is 2.82. The number of hydrogen-bond donors (Lipinski definition) is 2. The van der Waals surface area contributed by atoms with Crippen LogP contribution in [0.1, 0.15) is 49.1 Å². The number of esters is 1. The number of imide groups is 1. The molecule has 1 fully saturated rings. The summed E-state index contributed by atoms with van der Waals surface area (Å²) in [5, 5.41) is 14.3. The van der Waals surface area contributed by atoms with Gasteiger partial charge >= 0.3 is 12.0 Å². The molecule has 178 valence electrons. The van der Waals surface area contributed by atoms with Crippen LogP contribution in [0.4, 0.5) is 9.18 Å². The van der Waals surface area contributed by atoms with E-state index in [2.05, 4.69) is 10.6 Å². The molecule has 0 radical (unpaired) electrons. The van der Waals surface area contributed by atoms with Crippen LogP contribution in [0.15, 0.2) is 35.9 Å². The number of carbonyl (C=O) groups excluding carboxylic acids is 3. The average Bonchev–Trinajstić information content (AvgIpc) is 3.09. The van der Waals surface area contributed by atoms with Crippen LogP contribution in [0.3, 0.4) is 0 Å². The number of aryl methyl sites for hydroxylation is 1.